The Morgan fingerprint density at radius 3 is 2.18 bits per heavy atom. The number of hydrogen-bond acceptors (Lipinski definition) is 3. The molecule has 120 valence electrons. The second-order valence-corrected chi connectivity index (χ2v) is 7.64. The number of benzene rings is 1. The average molecular weight is 302 g/mol. The van der Waals surface area contributed by atoms with Crippen LogP contribution in [0.3, 0.4) is 0 Å². The van der Waals surface area contributed by atoms with Crippen LogP contribution in [0.2, 0.25) is 0 Å². The van der Waals surface area contributed by atoms with Gasteiger partial charge in [-0.15, -0.1) is 0 Å². The molecule has 1 aliphatic heterocycles. The monoisotopic (exact) mass is 302 g/mol. The van der Waals surface area contributed by atoms with Crippen LogP contribution in [0.4, 0.5) is 0 Å². The summed E-state index contributed by atoms with van der Waals surface area (Å²) in [6.07, 6.45) is 5.32. The van der Waals surface area contributed by atoms with Gasteiger partial charge in [0.25, 0.3) is 0 Å². The van der Waals surface area contributed by atoms with Crippen molar-refractivity contribution < 1.29 is 14.0 Å². The van der Waals surface area contributed by atoms with Crippen LogP contribution in [-0.4, -0.2) is 24.4 Å². The van der Waals surface area contributed by atoms with E-state index in [1.807, 2.05) is 0 Å². The number of hydrogen-bond donors (Lipinski definition) is 0. The number of aryl methyl sites for hydroxylation is 1. The zero-order valence-electron chi connectivity index (χ0n) is 14.4. The van der Waals surface area contributed by atoms with Crippen LogP contribution >= 0.6 is 0 Å². The largest absolute Gasteiger partial charge is 0.494 e. The van der Waals surface area contributed by atoms with Crippen LogP contribution in [0, 0.1) is 6.92 Å². The number of rotatable bonds is 3. The SMILES string of the molecule is Cc1cc(B2OC(C)(C)C(C)(C)O2)ccc1OC1CCCC1. The Bertz CT molecular complexity index is 531. The molecule has 1 saturated carbocycles. The van der Waals surface area contributed by atoms with Gasteiger partial charge in [-0.05, 0) is 77.4 Å². The lowest BCUT2D eigenvalue weighted by molar-refractivity contribution is 0.00578. The first-order valence-electron chi connectivity index (χ1n) is 8.41. The lowest BCUT2D eigenvalue weighted by Crippen LogP contribution is -2.41. The Morgan fingerprint density at radius 1 is 1.05 bits per heavy atom. The molecule has 0 unspecified atom stereocenters. The summed E-state index contributed by atoms with van der Waals surface area (Å²) in [6.45, 7) is 10.4. The third-order valence-corrected chi connectivity index (χ3v) is 5.32. The molecular formula is C18H27BO3. The van der Waals surface area contributed by atoms with Gasteiger partial charge in [-0.3, -0.25) is 0 Å². The molecule has 3 nitrogen and oxygen atoms in total. The van der Waals surface area contributed by atoms with Gasteiger partial charge in [-0.1, -0.05) is 12.1 Å². The quantitative estimate of drug-likeness (QED) is 0.798. The van der Waals surface area contributed by atoms with E-state index in [1.165, 1.54) is 25.7 Å². The highest BCUT2D eigenvalue weighted by Crippen LogP contribution is 2.36. The molecule has 0 atom stereocenters. The van der Waals surface area contributed by atoms with Gasteiger partial charge >= 0.3 is 7.12 Å². The van der Waals surface area contributed by atoms with Crippen LogP contribution in [0.25, 0.3) is 0 Å². The van der Waals surface area contributed by atoms with Crippen molar-refractivity contribution in [1.82, 2.24) is 0 Å². The zero-order valence-corrected chi connectivity index (χ0v) is 14.4. The lowest BCUT2D eigenvalue weighted by atomic mass is 9.78. The van der Waals surface area contributed by atoms with Gasteiger partial charge in [-0.2, -0.15) is 0 Å². The average Bonchev–Trinajstić information content (AvgIpc) is 2.99. The van der Waals surface area contributed by atoms with E-state index in [1.54, 1.807) is 0 Å². The minimum absolute atomic E-state index is 0.301. The van der Waals surface area contributed by atoms with Gasteiger partial charge < -0.3 is 14.0 Å². The predicted octanol–water partition coefficient (Wildman–Crippen LogP) is 3.62. The van der Waals surface area contributed by atoms with Crippen LogP contribution < -0.4 is 10.2 Å². The maximum absolute atomic E-state index is 6.12. The lowest BCUT2D eigenvalue weighted by Gasteiger charge is -2.32. The molecule has 0 radical (unpaired) electrons. The molecule has 0 spiro atoms. The summed E-state index contributed by atoms with van der Waals surface area (Å²) in [4.78, 5) is 0. The summed E-state index contributed by atoms with van der Waals surface area (Å²) < 4.78 is 18.4. The van der Waals surface area contributed by atoms with Gasteiger partial charge in [0.1, 0.15) is 5.75 Å². The van der Waals surface area contributed by atoms with Crippen molar-refractivity contribution in [2.75, 3.05) is 0 Å². The van der Waals surface area contributed by atoms with Crippen molar-refractivity contribution in [1.29, 1.82) is 0 Å². The molecule has 3 rings (SSSR count). The molecular weight excluding hydrogens is 275 g/mol. The topological polar surface area (TPSA) is 27.7 Å². The molecule has 1 heterocycles. The fourth-order valence-corrected chi connectivity index (χ4v) is 3.12. The molecule has 1 aromatic rings. The molecule has 0 amide bonds. The first-order chi connectivity index (χ1) is 10.3. The van der Waals surface area contributed by atoms with E-state index >= 15 is 0 Å². The normalized spacial score (nSPS) is 24.0. The summed E-state index contributed by atoms with van der Waals surface area (Å²) in [5, 5.41) is 0. The third-order valence-electron chi connectivity index (χ3n) is 5.32. The van der Waals surface area contributed by atoms with Crippen molar-refractivity contribution in [3.05, 3.63) is 23.8 Å². The summed E-state index contributed by atoms with van der Waals surface area (Å²) in [5.41, 5.74) is 1.61. The highest BCUT2D eigenvalue weighted by molar-refractivity contribution is 6.62. The van der Waals surface area contributed by atoms with Gasteiger partial charge in [0.05, 0.1) is 17.3 Å². The summed E-state index contributed by atoms with van der Waals surface area (Å²) in [6, 6.07) is 6.26. The molecule has 22 heavy (non-hydrogen) atoms. The zero-order chi connectivity index (χ0) is 16.0. The van der Waals surface area contributed by atoms with Crippen molar-refractivity contribution in [2.45, 2.75) is 77.6 Å². The van der Waals surface area contributed by atoms with Crippen LogP contribution in [0.15, 0.2) is 18.2 Å². The van der Waals surface area contributed by atoms with Crippen molar-refractivity contribution in [3.8, 4) is 5.75 Å². The van der Waals surface area contributed by atoms with Crippen molar-refractivity contribution in [2.24, 2.45) is 0 Å². The van der Waals surface area contributed by atoms with Crippen molar-refractivity contribution >= 4 is 12.6 Å². The molecule has 1 aromatic carbocycles. The molecule has 0 N–H and O–H groups in total. The summed E-state index contributed by atoms with van der Waals surface area (Å²) in [7, 11) is -0.302. The Balaban J connectivity index is 1.75. The second-order valence-electron chi connectivity index (χ2n) is 7.64. The minimum Gasteiger partial charge on any atom is -0.490 e. The third kappa shape index (κ3) is 2.91. The van der Waals surface area contributed by atoms with Gasteiger partial charge in [0.2, 0.25) is 0 Å². The Labute approximate surface area is 134 Å². The fraction of sp³-hybridized carbons (Fsp3) is 0.667. The van der Waals surface area contributed by atoms with Gasteiger partial charge in [-0.25, -0.2) is 0 Å². The molecule has 2 aliphatic rings. The summed E-state index contributed by atoms with van der Waals surface area (Å²) in [5.74, 6) is 0.993. The molecule has 0 aromatic heterocycles. The molecule has 1 saturated heterocycles. The van der Waals surface area contributed by atoms with E-state index in [2.05, 4.69) is 52.8 Å². The number of ether oxygens (including phenoxy) is 1. The van der Waals surface area contributed by atoms with E-state index in [0.717, 1.165) is 16.8 Å². The second kappa shape index (κ2) is 5.57. The van der Waals surface area contributed by atoms with E-state index in [-0.39, 0.29) is 18.3 Å². The highest BCUT2D eigenvalue weighted by atomic mass is 16.7. The van der Waals surface area contributed by atoms with E-state index < -0.39 is 0 Å². The smallest absolute Gasteiger partial charge is 0.490 e. The van der Waals surface area contributed by atoms with Crippen LogP contribution in [0.1, 0.15) is 58.9 Å². The molecule has 2 fully saturated rings. The van der Waals surface area contributed by atoms with E-state index in [4.69, 9.17) is 14.0 Å². The Morgan fingerprint density at radius 2 is 1.64 bits per heavy atom. The van der Waals surface area contributed by atoms with E-state index in [0.29, 0.717) is 6.10 Å². The fourth-order valence-electron chi connectivity index (χ4n) is 3.12. The molecule has 0 bridgehead atoms. The molecule has 4 heteroatoms. The highest BCUT2D eigenvalue weighted by Gasteiger charge is 2.51. The van der Waals surface area contributed by atoms with Crippen molar-refractivity contribution in [3.63, 3.8) is 0 Å². The van der Waals surface area contributed by atoms with Gasteiger partial charge in [0, 0.05) is 0 Å². The predicted molar refractivity (Wildman–Crippen MR) is 89.8 cm³/mol. The Kier molecular flexibility index (Phi) is 4.02. The van der Waals surface area contributed by atoms with Crippen LogP contribution in [-0.2, 0) is 9.31 Å². The first kappa shape index (κ1) is 15.9. The maximum Gasteiger partial charge on any atom is 0.494 e. The first-order valence-corrected chi connectivity index (χ1v) is 8.41. The minimum atomic E-state index is -0.302. The Hall–Kier alpha value is -0.995. The summed E-state index contributed by atoms with van der Waals surface area (Å²) >= 11 is 0. The standard InChI is InChI=1S/C18H27BO3/c1-13-12-14(19-21-17(2,3)18(4,5)22-19)10-11-16(13)20-15-8-6-7-9-15/h10-12,15H,6-9H2,1-5H3. The van der Waals surface area contributed by atoms with E-state index in [9.17, 15) is 0 Å². The molecule has 1 aliphatic carbocycles. The maximum atomic E-state index is 6.12. The van der Waals surface area contributed by atoms with Crippen LogP contribution in [0.5, 0.6) is 5.75 Å². The van der Waals surface area contributed by atoms with Gasteiger partial charge in [0.15, 0.2) is 0 Å².